The summed E-state index contributed by atoms with van der Waals surface area (Å²) in [6.45, 7) is 6.24. The normalized spacial score (nSPS) is 14.0. The molecule has 0 aliphatic heterocycles. The second-order valence-corrected chi connectivity index (χ2v) is 6.37. The maximum Gasteiger partial charge on any atom is 0.416 e. The van der Waals surface area contributed by atoms with Gasteiger partial charge in [-0.15, -0.1) is 12.4 Å². The minimum Gasteiger partial charge on any atom is -0.352 e. The summed E-state index contributed by atoms with van der Waals surface area (Å²) in [6, 6.07) is 4.85. The van der Waals surface area contributed by atoms with Crippen molar-refractivity contribution in [3.63, 3.8) is 0 Å². The van der Waals surface area contributed by atoms with E-state index >= 15 is 0 Å². The maximum atomic E-state index is 12.5. The van der Waals surface area contributed by atoms with Crippen molar-refractivity contribution in [1.82, 2.24) is 5.32 Å². The first-order valence-electron chi connectivity index (χ1n) is 7.80. The summed E-state index contributed by atoms with van der Waals surface area (Å²) in [5, 5.41) is 2.91. The molecular weight excluding hydrogens is 341 g/mol. The van der Waals surface area contributed by atoms with Gasteiger partial charge in [-0.2, -0.15) is 13.2 Å². The average Bonchev–Trinajstić information content (AvgIpc) is 2.45. The van der Waals surface area contributed by atoms with E-state index in [-0.39, 0.29) is 30.3 Å². The molecule has 0 radical (unpaired) electrons. The van der Waals surface area contributed by atoms with Crippen LogP contribution in [0.3, 0.4) is 0 Å². The van der Waals surface area contributed by atoms with Crippen LogP contribution in [0.5, 0.6) is 0 Å². The molecule has 7 heteroatoms. The van der Waals surface area contributed by atoms with Gasteiger partial charge in [0.05, 0.1) is 5.56 Å². The van der Waals surface area contributed by atoms with Crippen LogP contribution in [-0.4, -0.2) is 18.5 Å². The van der Waals surface area contributed by atoms with Crippen LogP contribution in [0.1, 0.15) is 38.3 Å². The fourth-order valence-electron chi connectivity index (χ4n) is 2.40. The molecule has 1 amide bonds. The molecule has 0 saturated heterocycles. The van der Waals surface area contributed by atoms with Crippen LogP contribution in [0.25, 0.3) is 0 Å². The Morgan fingerprint density at radius 3 is 2.12 bits per heavy atom. The molecule has 2 atom stereocenters. The van der Waals surface area contributed by atoms with E-state index in [2.05, 4.69) is 19.2 Å². The number of carbonyl (C=O) groups is 1. The standard InChI is InChI=1S/C17H25F3N2O.ClH/c1-11(2)8-15(10-21)22-16(23)12(3)9-13-4-6-14(7-5-13)17(18,19)20;/h4-7,11-12,15H,8-10,21H2,1-3H3,(H,22,23);1H. The first-order chi connectivity index (χ1) is 10.6. The topological polar surface area (TPSA) is 55.1 Å². The number of hydrogen-bond acceptors (Lipinski definition) is 2. The molecule has 24 heavy (non-hydrogen) atoms. The molecule has 1 aromatic rings. The largest absolute Gasteiger partial charge is 0.416 e. The Balaban J connectivity index is 0.00000529. The highest BCUT2D eigenvalue weighted by molar-refractivity contribution is 5.85. The van der Waals surface area contributed by atoms with Gasteiger partial charge in [-0.1, -0.05) is 32.9 Å². The molecule has 0 aliphatic rings. The van der Waals surface area contributed by atoms with Crippen LogP contribution in [0, 0.1) is 11.8 Å². The predicted octanol–water partition coefficient (Wildman–Crippen LogP) is 3.80. The molecule has 0 fully saturated rings. The molecule has 0 aromatic heterocycles. The lowest BCUT2D eigenvalue weighted by atomic mass is 9.98. The maximum absolute atomic E-state index is 12.5. The second-order valence-electron chi connectivity index (χ2n) is 6.37. The number of carbonyl (C=O) groups excluding carboxylic acids is 1. The summed E-state index contributed by atoms with van der Waals surface area (Å²) in [6.07, 6.45) is -3.15. The number of rotatable bonds is 7. The van der Waals surface area contributed by atoms with Gasteiger partial charge in [0.2, 0.25) is 5.91 Å². The Kier molecular flexibility index (Phi) is 9.37. The van der Waals surface area contributed by atoms with Crippen molar-refractivity contribution in [3.05, 3.63) is 35.4 Å². The van der Waals surface area contributed by atoms with E-state index in [1.54, 1.807) is 6.92 Å². The summed E-state index contributed by atoms with van der Waals surface area (Å²) in [5.74, 6) is -0.0250. The van der Waals surface area contributed by atoms with Gasteiger partial charge in [0, 0.05) is 18.5 Å². The van der Waals surface area contributed by atoms with Crippen molar-refractivity contribution < 1.29 is 18.0 Å². The second kappa shape index (κ2) is 9.89. The number of hydrogen-bond donors (Lipinski definition) is 2. The smallest absolute Gasteiger partial charge is 0.352 e. The zero-order valence-electron chi connectivity index (χ0n) is 14.2. The monoisotopic (exact) mass is 366 g/mol. The highest BCUT2D eigenvalue weighted by atomic mass is 35.5. The Bertz CT molecular complexity index is 504. The molecule has 0 bridgehead atoms. The minimum atomic E-state index is -4.34. The van der Waals surface area contributed by atoms with Crippen molar-refractivity contribution >= 4 is 18.3 Å². The molecule has 0 spiro atoms. The molecule has 1 rings (SSSR count). The first-order valence-corrected chi connectivity index (χ1v) is 7.80. The number of halogens is 4. The Morgan fingerprint density at radius 1 is 1.17 bits per heavy atom. The Hall–Kier alpha value is -1.27. The molecule has 0 saturated carbocycles. The van der Waals surface area contributed by atoms with Crippen molar-refractivity contribution in [2.45, 2.75) is 45.8 Å². The summed E-state index contributed by atoms with van der Waals surface area (Å²) in [7, 11) is 0. The quantitative estimate of drug-likeness (QED) is 0.771. The number of nitrogens with two attached hydrogens (primary N) is 1. The zero-order valence-corrected chi connectivity index (χ0v) is 15.0. The van der Waals surface area contributed by atoms with Crippen molar-refractivity contribution in [2.24, 2.45) is 17.6 Å². The molecule has 1 aromatic carbocycles. The number of nitrogens with one attached hydrogen (secondary N) is 1. The van der Waals surface area contributed by atoms with Gasteiger partial charge < -0.3 is 11.1 Å². The fourth-order valence-corrected chi connectivity index (χ4v) is 2.40. The van der Waals surface area contributed by atoms with Gasteiger partial charge in [0.25, 0.3) is 0 Å². The zero-order chi connectivity index (χ0) is 17.6. The number of benzene rings is 1. The first kappa shape index (κ1) is 22.7. The molecular formula is C17H26ClF3N2O. The average molecular weight is 367 g/mol. The van der Waals surface area contributed by atoms with E-state index < -0.39 is 11.7 Å². The summed E-state index contributed by atoms with van der Waals surface area (Å²) in [5.41, 5.74) is 5.68. The fraction of sp³-hybridized carbons (Fsp3) is 0.588. The van der Waals surface area contributed by atoms with Gasteiger partial charge in [0.1, 0.15) is 0 Å². The van der Waals surface area contributed by atoms with Crippen molar-refractivity contribution in [3.8, 4) is 0 Å². The van der Waals surface area contributed by atoms with Gasteiger partial charge in [-0.3, -0.25) is 4.79 Å². The van der Waals surface area contributed by atoms with E-state index in [0.29, 0.717) is 24.4 Å². The molecule has 3 nitrogen and oxygen atoms in total. The molecule has 0 heterocycles. The summed E-state index contributed by atoms with van der Waals surface area (Å²) >= 11 is 0. The summed E-state index contributed by atoms with van der Waals surface area (Å²) < 4.78 is 37.6. The van der Waals surface area contributed by atoms with E-state index in [0.717, 1.165) is 18.6 Å². The molecule has 0 aliphatic carbocycles. The van der Waals surface area contributed by atoms with E-state index in [4.69, 9.17) is 5.73 Å². The minimum absolute atomic E-state index is 0. The summed E-state index contributed by atoms with van der Waals surface area (Å²) in [4.78, 5) is 12.2. The lowest BCUT2D eigenvalue weighted by Crippen LogP contribution is -2.43. The van der Waals surface area contributed by atoms with Crippen LogP contribution in [-0.2, 0) is 17.4 Å². The van der Waals surface area contributed by atoms with E-state index in [1.165, 1.54) is 12.1 Å². The van der Waals surface area contributed by atoms with Crippen LogP contribution >= 0.6 is 12.4 Å². The predicted molar refractivity (Wildman–Crippen MR) is 92.0 cm³/mol. The SMILES string of the molecule is CC(C)CC(CN)NC(=O)C(C)Cc1ccc(C(F)(F)F)cc1.Cl. The molecule has 3 N–H and O–H groups in total. The number of alkyl halides is 3. The Morgan fingerprint density at radius 2 is 1.71 bits per heavy atom. The third-order valence-electron chi connectivity index (χ3n) is 3.66. The van der Waals surface area contributed by atoms with Crippen LogP contribution in [0.4, 0.5) is 13.2 Å². The van der Waals surface area contributed by atoms with Crippen LogP contribution in [0.2, 0.25) is 0 Å². The van der Waals surface area contributed by atoms with Crippen LogP contribution in [0.15, 0.2) is 24.3 Å². The van der Waals surface area contributed by atoms with Gasteiger partial charge in [0.15, 0.2) is 0 Å². The number of amides is 1. The lowest BCUT2D eigenvalue weighted by molar-refractivity contribution is -0.137. The van der Waals surface area contributed by atoms with Crippen molar-refractivity contribution in [2.75, 3.05) is 6.54 Å². The van der Waals surface area contributed by atoms with Crippen molar-refractivity contribution in [1.29, 1.82) is 0 Å². The highest BCUT2D eigenvalue weighted by Gasteiger charge is 2.30. The van der Waals surface area contributed by atoms with Crippen LogP contribution < -0.4 is 11.1 Å². The molecule has 2 unspecified atom stereocenters. The highest BCUT2D eigenvalue weighted by Crippen LogP contribution is 2.29. The van der Waals surface area contributed by atoms with Gasteiger partial charge in [-0.25, -0.2) is 0 Å². The molecule has 138 valence electrons. The van der Waals surface area contributed by atoms with E-state index in [1.807, 2.05) is 0 Å². The third-order valence-corrected chi connectivity index (χ3v) is 3.66. The Labute approximate surface area is 147 Å². The van der Waals surface area contributed by atoms with Gasteiger partial charge >= 0.3 is 6.18 Å². The van der Waals surface area contributed by atoms with E-state index in [9.17, 15) is 18.0 Å². The third kappa shape index (κ3) is 7.53. The van der Waals surface area contributed by atoms with Gasteiger partial charge in [-0.05, 0) is 36.5 Å². The lowest BCUT2D eigenvalue weighted by Gasteiger charge is -2.21.